The van der Waals surface area contributed by atoms with E-state index >= 15 is 0 Å². The predicted octanol–water partition coefficient (Wildman–Crippen LogP) is 4.07. The molecule has 7 heteroatoms. The molecule has 0 spiro atoms. The molecule has 154 valence electrons. The van der Waals surface area contributed by atoms with Crippen molar-refractivity contribution in [1.29, 1.82) is 0 Å². The van der Waals surface area contributed by atoms with Crippen LogP contribution in [0.5, 0.6) is 0 Å². The summed E-state index contributed by atoms with van der Waals surface area (Å²) in [4.78, 5) is 4.54. The predicted molar refractivity (Wildman–Crippen MR) is 125 cm³/mol. The zero-order valence-electron chi connectivity index (χ0n) is 16.7. The number of anilines is 1. The van der Waals surface area contributed by atoms with Gasteiger partial charge in [0.2, 0.25) is 0 Å². The van der Waals surface area contributed by atoms with Gasteiger partial charge in [-0.1, -0.05) is 24.3 Å². The maximum absolute atomic E-state index is 13.7. The first kappa shape index (κ1) is 24.2. The fourth-order valence-electron chi connectivity index (χ4n) is 2.47. The lowest BCUT2D eigenvalue weighted by molar-refractivity contribution is 0.211. The lowest BCUT2D eigenvalue weighted by Crippen LogP contribution is -2.36. The minimum absolute atomic E-state index is 0. The Bertz CT molecular complexity index is 738. The highest BCUT2D eigenvalue weighted by Gasteiger charge is 2.02. The lowest BCUT2D eigenvalue weighted by atomic mass is 10.1. The second kappa shape index (κ2) is 13.3. The highest BCUT2D eigenvalue weighted by Crippen LogP contribution is 2.11. The van der Waals surface area contributed by atoms with Crippen LogP contribution in [0.3, 0.4) is 0 Å². The molecule has 0 heterocycles. The average molecular weight is 500 g/mol. The fraction of sp³-hybridized carbons (Fsp3) is 0.381. The molecule has 0 unspecified atom stereocenters. The summed E-state index contributed by atoms with van der Waals surface area (Å²) < 4.78 is 18.7. The van der Waals surface area contributed by atoms with E-state index in [9.17, 15) is 4.39 Å². The molecule has 0 radical (unpaired) electrons. The Hall–Kier alpha value is -1.87. The Morgan fingerprint density at radius 3 is 2.43 bits per heavy atom. The van der Waals surface area contributed by atoms with Crippen molar-refractivity contribution in [3.05, 3.63) is 65.0 Å². The van der Waals surface area contributed by atoms with E-state index in [1.807, 2.05) is 25.1 Å². The third-order valence-corrected chi connectivity index (χ3v) is 4.05. The fourth-order valence-corrected chi connectivity index (χ4v) is 2.47. The van der Waals surface area contributed by atoms with Crippen molar-refractivity contribution in [2.24, 2.45) is 4.99 Å². The van der Waals surface area contributed by atoms with Gasteiger partial charge in [0.15, 0.2) is 5.96 Å². The molecule has 0 aliphatic heterocycles. The van der Waals surface area contributed by atoms with E-state index in [2.05, 4.69) is 33.1 Å². The summed E-state index contributed by atoms with van der Waals surface area (Å²) in [5, 5.41) is 9.82. The van der Waals surface area contributed by atoms with Crippen molar-refractivity contribution >= 4 is 35.6 Å². The van der Waals surface area contributed by atoms with E-state index < -0.39 is 0 Å². The van der Waals surface area contributed by atoms with Crippen LogP contribution in [0, 0.1) is 12.7 Å². The van der Waals surface area contributed by atoms with Crippen molar-refractivity contribution in [3.8, 4) is 0 Å². The molecule has 0 saturated carbocycles. The van der Waals surface area contributed by atoms with Crippen molar-refractivity contribution in [3.63, 3.8) is 0 Å². The van der Waals surface area contributed by atoms with Gasteiger partial charge in [0.05, 0.1) is 13.2 Å². The van der Waals surface area contributed by atoms with Gasteiger partial charge in [-0.15, -0.1) is 24.0 Å². The standard InChI is InChI=1S/C21H29FN4O.HI/c1-4-23-21(26-15-18-6-5-16(2)20(22)13-18)25-14-17-7-9-19(10-8-17)24-11-12-27-3;/h5-10,13,24H,4,11-12,14-15H2,1-3H3,(H2,23,25,26);1H. The zero-order chi connectivity index (χ0) is 19.5. The van der Waals surface area contributed by atoms with Crippen molar-refractivity contribution in [2.45, 2.75) is 26.9 Å². The molecule has 28 heavy (non-hydrogen) atoms. The number of benzene rings is 2. The third kappa shape index (κ3) is 8.43. The van der Waals surface area contributed by atoms with Crippen LogP contribution in [0.4, 0.5) is 10.1 Å². The molecule has 5 nitrogen and oxygen atoms in total. The number of halogens is 2. The summed E-state index contributed by atoms with van der Waals surface area (Å²) in [7, 11) is 1.69. The molecular formula is C21H30FIN4O. The summed E-state index contributed by atoms with van der Waals surface area (Å²) in [6, 6.07) is 13.5. The van der Waals surface area contributed by atoms with Crippen LogP contribution in [0.15, 0.2) is 47.5 Å². The third-order valence-electron chi connectivity index (χ3n) is 4.05. The number of aryl methyl sites for hydroxylation is 1. The molecule has 0 saturated heterocycles. The molecule has 0 atom stereocenters. The maximum Gasteiger partial charge on any atom is 0.191 e. The van der Waals surface area contributed by atoms with E-state index in [1.54, 1.807) is 20.1 Å². The van der Waals surface area contributed by atoms with Crippen LogP contribution in [-0.4, -0.2) is 32.8 Å². The molecule has 0 fully saturated rings. The highest BCUT2D eigenvalue weighted by atomic mass is 127. The normalized spacial score (nSPS) is 10.9. The van der Waals surface area contributed by atoms with Crippen LogP contribution >= 0.6 is 24.0 Å². The number of ether oxygens (including phenoxy) is 1. The van der Waals surface area contributed by atoms with Gasteiger partial charge in [0, 0.05) is 32.4 Å². The van der Waals surface area contributed by atoms with Crippen LogP contribution in [0.2, 0.25) is 0 Å². The first-order chi connectivity index (χ1) is 13.1. The Morgan fingerprint density at radius 2 is 1.79 bits per heavy atom. The van der Waals surface area contributed by atoms with E-state index in [-0.39, 0.29) is 29.8 Å². The largest absolute Gasteiger partial charge is 0.383 e. The van der Waals surface area contributed by atoms with Crippen molar-refractivity contribution in [2.75, 3.05) is 32.1 Å². The second-order valence-electron chi connectivity index (χ2n) is 6.25. The van der Waals surface area contributed by atoms with Gasteiger partial charge in [-0.05, 0) is 48.7 Å². The number of methoxy groups -OCH3 is 1. The molecule has 2 aromatic carbocycles. The van der Waals surface area contributed by atoms with Crippen LogP contribution < -0.4 is 16.0 Å². The summed E-state index contributed by atoms with van der Waals surface area (Å²) >= 11 is 0. The van der Waals surface area contributed by atoms with Gasteiger partial charge in [0.1, 0.15) is 5.82 Å². The quantitative estimate of drug-likeness (QED) is 0.210. The molecule has 0 bridgehead atoms. The zero-order valence-corrected chi connectivity index (χ0v) is 19.0. The topological polar surface area (TPSA) is 57.7 Å². The minimum Gasteiger partial charge on any atom is -0.383 e. The molecule has 0 amide bonds. The maximum atomic E-state index is 13.7. The number of hydrogen-bond donors (Lipinski definition) is 3. The number of guanidine groups is 1. The summed E-state index contributed by atoms with van der Waals surface area (Å²) in [6.45, 7) is 7.08. The van der Waals surface area contributed by atoms with Gasteiger partial charge >= 0.3 is 0 Å². The Kier molecular flexibility index (Phi) is 11.5. The molecule has 0 aliphatic rings. The summed E-state index contributed by atoms with van der Waals surface area (Å²) in [5.74, 6) is 0.514. The average Bonchev–Trinajstić information content (AvgIpc) is 2.68. The van der Waals surface area contributed by atoms with Crippen LogP contribution in [-0.2, 0) is 17.8 Å². The summed E-state index contributed by atoms with van der Waals surface area (Å²) in [5.41, 5.74) is 3.71. The summed E-state index contributed by atoms with van der Waals surface area (Å²) in [6.07, 6.45) is 0. The second-order valence-corrected chi connectivity index (χ2v) is 6.25. The van der Waals surface area contributed by atoms with Gasteiger partial charge in [-0.25, -0.2) is 9.38 Å². The molecule has 0 aromatic heterocycles. The molecular weight excluding hydrogens is 470 g/mol. The number of rotatable bonds is 9. The first-order valence-corrected chi connectivity index (χ1v) is 9.21. The lowest BCUT2D eigenvalue weighted by Gasteiger charge is -2.12. The first-order valence-electron chi connectivity index (χ1n) is 9.21. The monoisotopic (exact) mass is 500 g/mol. The van der Waals surface area contributed by atoms with E-state index in [4.69, 9.17) is 4.74 Å². The Labute approximate surface area is 184 Å². The van der Waals surface area contributed by atoms with Gasteiger partial charge in [0.25, 0.3) is 0 Å². The molecule has 2 rings (SSSR count). The number of nitrogens with one attached hydrogen (secondary N) is 3. The number of nitrogens with zero attached hydrogens (tertiary/aromatic N) is 1. The van der Waals surface area contributed by atoms with Crippen molar-refractivity contribution < 1.29 is 9.13 Å². The van der Waals surface area contributed by atoms with E-state index in [0.717, 1.165) is 29.9 Å². The molecule has 2 aromatic rings. The smallest absolute Gasteiger partial charge is 0.191 e. The Balaban J connectivity index is 0.00000392. The van der Waals surface area contributed by atoms with Gasteiger partial charge in [-0.2, -0.15) is 0 Å². The highest BCUT2D eigenvalue weighted by molar-refractivity contribution is 14.0. The SMILES string of the molecule is CCNC(=NCc1ccc(C)c(F)c1)NCc1ccc(NCCOC)cc1.I. The molecule has 3 N–H and O–H groups in total. The van der Waals surface area contributed by atoms with E-state index in [0.29, 0.717) is 31.2 Å². The number of hydrogen-bond acceptors (Lipinski definition) is 3. The minimum atomic E-state index is -0.195. The van der Waals surface area contributed by atoms with Crippen molar-refractivity contribution in [1.82, 2.24) is 10.6 Å². The van der Waals surface area contributed by atoms with Crippen LogP contribution in [0.1, 0.15) is 23.6 Å². The van der Waals surface area contributed by atoms with Gasteiger partial charge in [-0.3, -0.25) is 0 Å². The Morgan fingerprint density at radius 1 is 1.07 bits per heavy atom. The number of aliphatic imine (C=N–C) groups is 1. The van der Waals surface area contributed by atoms with Crippen LogP contribution in [0.25, 0.3) is 0 Å². The van der Waals surface area contributed by atoms with E-state index in [1.165, 1.54) is 6.07 Å². The molecule has 0 aliphatic carbocycles. The van der Waals surface area contributed by atoms with Gasteiger partial charge < -0.3 is 20.7 Å².